The van der Waals surface area contributed by atoms with Gasteiger partial charge in [-0.3, -0.25) is 9.78 Å². The molecule has 6 heteroatoms. The van der Waals surface area contributed by atoms with E-state index >= 15 is 0 Å². The van der Waals surface area contributed by atoms with Crippen molar-refractivity contribution in [3.63, 3.8) is 0 Å². The smallest absolute Gasteiger partial charge is 0.288 e. The Morgan fingerprint density at radius 3 is 3.00 bits per heavy atom. The van der Waals surface area contributed by atoms with Crippen LogP contribution in [0.4, 0.5) is 0 Å². The molecular weight excluding hydrogens is 293 g/mol. The number of hydrogen-bond acceptors (Lipinski definition) is 3. The molecule has 0 saturated carbocycles. The van der Waals surface area contributed by atoms with E-state index in [1.54, 1.807) is 18.6 Å². The lowest BCUT2D eigenvalue weighted by atomic mass is 10.3. The van der Waals surface area contributed by atoms with Gasteiger partial charge in [-0.25, -0.2) is 4.98 Å². The van der Waals surface area contributed by atoms with Gasteiger partial charge in [-0.2, -0.15) is 0 Å². The summed E-state index contributed by atoms with van der Waals surface area (Å²) in [5, 5.41) is -0.0227. The first-order chi connectivity index (χ1) is 7.66. The summed E-state index contributed by atoms with van der Waals surface area (Å²) in [4.78, 5) is 19.3. The summed E-state index contributed by atoms with van der Waals surface area (Å²) in [6.07, 6.45) is 6.47. The van der Waals surface area contributed by atoms with Crippen LogP contribution in [0.25, 0.3) is 0 Å². The van der Waals surface area contributed by atoms with E-state index in [1.807, 2.05) is 6.07 Å². The van der Waals surface area contributed by atoms with E-state index in [0.717, 1.165) is 10.0 Å². The summed E-state index contributed by atoms with van der Waals surface area (Å²) in [5.74, 6) is 0. The van der Waals surface area contributed by atoms with Gasteiger partial charge < -0.3 is 4.57 Å². The number of aromatic nitrogens is 3. The molecule has 0 aliphatic heterocycles. The summed E-state index contributed by atoms with van der Waals surface area (Å²) in [6.45, 7) is 0.424. The van der Waals surface area contributed by atoms with Crippen LogP contribution in [0.3, 0.4) is 0 Å². The van der Waals surface area contributed by atoms with E-state index in [9.17, 15) is 4.79 Å². The molecule has 0 bridgehead atoms. The quantitative estimate of drug-likeness (QED) is 0.853. The molecule has 0 amide bonds. The minimum Gasteiger partial charge on any atom is -0.307 e. The molecule has 0 aromatic carbocycles. The van der Waals surface area contributed by atoms with Gasteiger partial charge in [0, 0.05) is 29.3 Å². The van der Waals surface area contributed by atoms with Crippen LogP contribution in [0.1, 0.15) is 5.56 Å². The fourth-order valence-corrected chi connectivity index (χ4v) is 1.86. The molecule has 0 aliphatic rings. The highest BCUT2D eigenvalue weighted by Crippen LogP contribution is 2.10. The van der Waals surface area contributed by atoms with Crippen molar-refractivity contribution in [3.05, 3.63) is 56.4 Å². The van der Waals surface area contributed by atoms with E-state index in [0.29, 0.717) is 6.54 Å². The monoisotopic (exact) mass is 299 g/mol. The Bertz CT molecular complexity index is 570. The van der Waals surface area contributed by atoms with Gasteiger partial charge in [-0.15, -0.1) is 0 Å². The minimum atomic E-state index is -0.302. The topological polar surface area (TPSA) is 47.8 Å². The number of nitrogens with zero attached hydrogens (tertiary/aromatic N) is 3. The first-order valence-electron chi connectivity index (χ1n) is 4.47. The predicted molar refractivity (Wildman–Crippen MR) is 64.5 cm³/mol. The van der Waals surface area contributed by atoms with Crippen molar-refractivity contribution in [3.8, 4) is 0 Å². The van der Waals surface area contributed by atoms with E-state index in [2.05, 4.69) is 25.9 Å². The normalized spacial score (nSPS) is 10.4. The number of halogens is 2. The second-order valence-electron chi connectivity index (χ2n) is 3.16. The summed E-state index contributed by atoms with van der Waals surface area (Å²) in [5.41, 5.74) is 0.614. The molecule has 0 aliphatic carbocycles. The van der Waals surface area contributed by atoms with Crippen LogP contribution in [0.5, 0.6) is 0 Å². The maximum atomic E-state index is 11.6. The number of hydrogen-bond donors (Lipinski definition) is 0. The third-order valence-corrected chi connectivity index (χ3v) is 2.68. The van der Waals surface area contributed by atoms with Crippen LogP contribution in [0.15, 0.2) is 40.1 Å². The van der Waals surface area contributed by atoms with Crippen molar-refractivity contribution in [1.82, 2.24) is 14.5 Å². The molecular formula is C10H7BrClN3O. The maximum absolute atomic E-state index is 11.6. The molecule has 0 saturated heterocycles. The highest BCUT2D eigenvalue weighted by Gasteiger charge is 2.02. The highest BCUT2D eigenvalue weighted by molar-refractivity contribution is 9.10. The first-order valence-corrected chi connectivity index (χ1v) is 5.64. The minimum absolute atomic E-state index is 0.0227. The molecule has 2 aromatic rings. The molecule has 0 unspecified atom stereocenters. The van der Waals surface area contributed by atoms with E-state index in [4.69, 9.17) is 11.6 Å². The maximum Gasteiger partial charge on any atom is 0.288 e. The lowest BCUT2D eigenvalue weighted by Gasteiger charge is -2.05. The zero-order valence-electron chi connectivity index (χ0n) is 8.10. The molecule has 0 radical (unpaired) electrons. The number of rotatable bonds is 2. The molecule has 2 heterocycles. The van der Waals surface area contributed by atoms with Crippen molar-refractivity contribution in [2.75, 3.05) is 0 Å². The Kier molecular flexibility index (Phi) is 3.36. The molecule has 0 N–H and O–H groups in total. The molecule has 82 valence electrons. The largest absolute Gasteiger partial charge is 0.307 e. The Morgan fingerprint density at radius 1 is 1.44 bits per heavy atom. The molecule has 16 heavy (non-hydrogen) atoms. The second-order valence-corrected chi connectivity index (χ2v) is 4.44. The summed E-state index contributed by atoms with van der Waals surface area (Å²) < 4.78 is 2.36. The summed E-state index contributed by atoms with van der Waals surface area (Å²) in [6, 6.07) is 1.90. The van der Waals surface area contributed by atoms with Crippen molar-refractivity contribution in [1.29, 1.82) is 0 Å². The lowest BCUT2D eigenvalue weighted by molar-refractivity contribution is 0.745. The van der Waals surface area contributed by atoms with Gasteiger partial charge in [0.1, 0.15) is 0 Å². The Labute approximate surface area is 105 Å². The Morgan fingerprint density at radius 2 is 2.25 bits per heavy atom. The summed E-state index contributed by atoms with van der Waals surface area (Å²) >= 11 is 8.96. The fourth-order valence-electron chi connectivity index (χ4n) is 1.28. The molecule has 0 spiro atoms. The molecule has 2 rings (SSSR count). The van der Waals surface area contributed by atoms with E-state index < -0.39 is 0 Å². The summed E-state index contributed by atoms with van der Waals surface area (Å²) in [7, 11) is 0. The number of pyridine rings is 1. The molecule has 0 atom stereocenters. The van der Waals surface area contributed by atoms with Gasteiger partial charge in [0.2, 0.25) is 0 Å². The SMILES string of the molecule is O=c1c(Cl)nccn1Cc1cncc(Br)c1. The van der Waals surface area contributed by atoms with Crippen LogP contribution < -0.4 is 5.56 Å². The van der Waals surface area contributed by atoms with Gasteiger partial charge in [-0.05, 0) is 27.6 Å². The average Bonchev–Trinajstić information content (AvgIpc) is 2.25. The van der Waals surface area contributed by atoms with Crippen molar-refractivity contribution in [2.24, 2.45) is 0 Å². The van der Waals surface area contributed by atoms with E-state index in [-0.39, 0.29) is 10.7 Å². The van der Waals surface area contributed by atoms with Crippen molar-refractivity contribution in [2.45, 2.75) is 6.54 Å². The van der Waals surface area contributed by atoms with Crippen LogP contribution >= 0.6 is 27.5 Å². The van der Waals surface area contributed by atoms with Gasteiger partial charge in [0.05, 0.1) is 6.54 Å². The fraction of sp³-hybridized carbons (Fsp3) is 0.100. The Balaban J connectivity index is 2.34. The van der Waals surface area contributed by atoms with Crippen LogP contribution in [0, 0.1) is 0 Å². The zero-order valence-corrected chi connectivity index (χ0v) is 10.4. The third-order valence-electron chi connectivity index (χ3n) is 1.99. The van der Waals surface area contributed by atoms with Crippen molar-refractivity contribution < 1.29 is 0 Å². The molecule has 0 fully saturated rings. The van der Waals surface area contributed by atoms with Gasteiger partial charge in [0.25, 0.3) is 5.56 Å². The lowest BCUT2D eigenvalue weighted by Crippen LogP contribution is -2.21. The van der Waals surface area contributed by atoms with Crippen LogP contribution in [0.2, 0.25) is 5.15 Å². The van der Waals surface area contributed by atoms with Gasteiger partial charge in [-0.1, -0.05) is 11.6 Å². The average molecular weight is 301 g/mol. The van der Waals surface area contributed by atoms with Crippen LogP contribution in [-0.4, -0.2) is 14.5 Å². The Hall–Kier alpha value is -1.20. The second kappa shape index (κ2) is 4.76. The van der Waals surface area contributed by atoms with Gasteiger partial charge >= 0.3 is 0 Å². The standard InChI is InChI=1S/C10H7BrClN3O/c11-8-3-7(4-13-5-8)6-15-2-1-14-9(12)10(15)16/h1-5H,6H2. The first kappa shape index (κ1) is 11.3. The zero-order chi connectivity index (χ0) is 11.5. The molecule has 2 aromatic heterocycles. The van der Waals surface area contributed by atoms with E-state index in [1.165, 1.54) is 10.8 Å². The highest BCUT2D eigenvalue weighted by atomic mass is 79.9. The van der Waals surface area contributed by atoms with Crippen LogP contribution in [-0.2, 0) is 6.54 Å². The van der Waals surface area contributed by atoms with Gasteiger partial charge in [0.15, 0.2) is 5.15 Å². The third kappa shape index (κ3) is 2.48. The molecule has 4 nitrogen and oxygen atoms in total. The van der Waals surface area contributed by atoms with Crippen molar-refractivity contribution >= 4 is 27.5 Å². The predicted octanol–water partition coefficient (Wildman–Crippen LogP) is 2.10.